The first-order valence-electron chi connectivity index (χ1n) is 14.4. The van der Waals surface area contributed by atoms with Gasteiger partial charge >= 0.3 is 30.6 Å². The molecule has 0 saturated heterocycles. The van der Waals surface area contributed by atoms with E-state index < -0.39 is 30.6 Å². The molecule has 12 nitrogen and oxygen atoms in total. The summed E-state index contributed by atoms with van der Waals surface area (Å²) in [5.41, 5.74) is 0. The van der Waals surface area contributed by atoms with Crippen LogP contribution in [-0.4, -0.2) is 33.0 Å². The Labute approximate surface area is 260 Å². The van der Waals surface area contributed by atoms with Crippen molar-refractivity contribution in [2.45, 2.75) is 34.6 Å². The molecule has 1 unspecified atom stereocenters. The molecule has 3 aromatic carbocycles. The topological polar surface area (TPSA) is 123 Å². The van der Waals surface area contributed by atoms with E-state index in [2.05, 4.69) is 0 Å². The summed E-state index contributed by atoms with van der Waals surface area (Å²) in [6.07, 6.45) is 0. The summed E-state index contributed by atoms with van der Waals surface area (Å²) in [6.45, 7) is 10.2. The van der Waals surface area contributed by atoms with E-state index in [1.165, 1.54) is 0 Å². The van der Waals surface area contributed by atoms with Crippen molar-refractivity contribution in [1.29, 1.82) is 0 Å². The SMILES string of the molecule is CCOP1(OCC)=NP(OCC)(OCC)=NP(OCC)(Oc2ccccc2)=NP(Oc2ccccc2)(Oc2ccccc2)=N1. The third-order valence-electron chi connectivity index (χ3n) is 5.29. The lowest BCUT2D eigenvalue weighted by Gasteiger charge is -2.32. The van der Waals surface area contributed by atoms with Gasteiger partial charge < -0.3 is 31.7 Å². The minimum atomic E-state index is -3.90. The van der Waals surface area contributed by atoms with E-state index in [0.29, 0.717) is 17.2 Å². The zero-order chi connectivity index (χ0) is 31.4. The highest BCUT2D eigenvalue weighted by Crippen LogP contribution is 2.80. The quantitative estimate of drug-likeness (QED) is 0.137. The first-order valence-corrected chi connectivity index (χ1v) is 20.5. The van der Waals surface area contributed by atoms with Crippen LogP contribution in [0.4, 0.5) is 0 Å². The van der Waals surface area contributed by atoms with Gasteiger partial charge in [0.05, 0.1) is 33.0 Å². The van der Waals surface area contributed by atoms with Crippen LogP contribution < -0.4 is 13.6 Å². The minimum Gasteiger partial charge on any atom is -0.422 e. The fourth-order valence-corrected chi connectivity index (χ4v) is 16.3. The maximum atomic E-state index is 6.66. The highest BCUT2D eigenvalue weighted by molar-refractivity contribution is 7.78. The van der Waals surface area contributed by atoms with Gasteiger partial charge in [-0.25, -0.2) is 0 Å². The van der Waals surface area contributed by atoms with Crippen LogP contribution >= 0.6 is 30.6 Å². The van der Waals surface area contributed by atoms with Crippen molar-refractivity contribution < 1.29 is 36.2 Å². The van der Waals surface area contributed by atoms with Gasteiger partial charge in [-0.1, -0.05) is 54.6 Å². The van der Waals surface area contributed by atoms with E-state index in [1.807, 2.05) is 89.2 Å². The largest absolute Gasteiger partial charge is 0.458 e. The second kappa shape index (κ2) is 16.4. The molecule has 0 aliphatic carbocycles. The zero-order valence-corrected chi connectivity index (χ0v) is 29.1. The van der Waals surface area contributed by atoms with Gasteiger partial charge in [0.1, 0.15) is 17.2 Å². The van der Waals surface area contributed by atoms with Gasteiger partial charge in [0.25, 0.3) is 0 Å². The van der Waals surface area contributed by atoms with Gasteiger partial charge in [-0.3, -0.25) is 4.52 Å². The lowest BCUT2D eigenvalue weighted by molar-refractivity contribution is 0.246. The van der Waals surface area contributed by atoms with Crippen LogP contribution in [0.5, 0.6) is 17.2 Å². The third kappa shape index (κ3) is 9.17. The zero-order valence-electron chi connectivity index (χ0n) is 25.5. The minimum absolute atomic E-state index is 0.180. The summed E-state index contributed by atoms with van der Waals surface area (Å²) in [5.74, 6) is 1.35. The summed E-state index contributed by atoms with van der Waals surface area (Å²) in [5, 5.41) is 0. The first-order chi connectivity index (χ1) is 21.4. The molecule has 3 aromatic rings. The lowest BCUT2D eigenvalue weighted by Crippen LogP contribution is -2.07. The molecule has 1 aliphatic rings. The number of nitrogens with zero attached hydrogens (tertiary/aromatic N) is 4. The van der Waals surface area contributed by atoms with Crippen molar-refractivity contribution in [1.82, 2.24) is 0 Å². The molecule has 0 saturated carbocycles. The molecule has 0 fully saturated rings. The van der Waals surface area contributed by atoms with Gasteiger partial charge in [-0.15, -0.1) is 18.1 Å². The van der Waals surface area contributed by atoms with Crippen LogP contribution in [0.3, 0.4) is 0 Å². The number of hydrogen-bond donors (Lipinski definition) is 0. The van der Waals surface area contributed by atoms with Gasteiger partial charge in [0.2, 0.25) is 0 Å². The van der Waals surface area contributed by atoms with Crippen LogP contribution in [-0.2, 0) is 22.6 Å². The average Bonchev–Trinajstić information content (AvgIpc) is 2.98. The van der Waals surface area contributed by atoms with E-state index in [-0.39, 0.29) is 33.0 Å². The molecule has 0 aromatic heterocycles. The fraction of sp³-hybridized carbons (Fsp3) is 0.357. The van der Waals surface area contributed by atoms with Crippen LogP contribution in [0.15, 0.2) is 109 Å². The molecular formula is C28H40N4O8P4. The number of benzene rings is 3. The Kier molecular flexibility index (Phi) is 12.9. The highest BCUT2D eigenvalue weighted by atomic mass is 31.3. The fourth-order valence-electron chi connectivity index (χ4n) is 3.83. The van der Waals surface area contributed by atoms with Gasteiger partial charge in [-0.2, -0.15) is 0 Å². The van der Waals surface area contributed by atoms with Crippen LogP contribution in [0.1, 0.15) is 34.6 Å². The molecule has 0 N–H and O–H groups in total. The number of para-hydroxylation sites is 3. The second-order valence-electron chi connectivity index (χ2n) is 8.62. The third-order valence-corrected chi connectivity index (χ3v) is 16.8. The molecule has 1 heterocycles. The van der Waals surface area contributed by atoms with Crippen molar-refractivity contribution in [3.05, 3.63) is 91.0 Å². The van der Waals surface area contributed by atoms with E-state index in [4.69, 9.17) is 54.3 Å². The lowest BCUT2D eigenvalue weighted by atomic mass is 10.3. The van der Waals surface area contributed by atoms with Crippen LogP contribution in [0.2, 0.25) is 0 Å². The van der Waals surface area contributed by atoms with E-state index in [1.54, 1.807) is 36.4 Å². The summed E-state index contributed by atoms with van der Waals surface area (Å²) in [4.78, 5) is 0. The maximum absolute atomic E-state index is 6.66. The summed E-state index contributed by atoms with van der Waals surface area (Å²) in [6, 6.07) is 27.4. The van der Waals surface area contributed by atoms with Gasteiger partial charge in [0.15, 0.2) is 0 Å². The molecule has 0 amide bonds. The Hall–Kier alpha value is -2.22. The Morgan fingerprint density at radius 2 is 0.614 bits per heavy atom. The van der Waals surface area contributed by atoms with Crippen LogP contribution in [0.25, 0.3) is 0 Å². The molecule has 0 bridgehead atoms. The molecule has 240 valence electrons. The molecule has 1 atom stereocenters. The van der Waals surface area contributed by atoms with Crippen molar-refractivity contribution >= 4 is 30.6 Å². The number of hydrogen-bond acceptors (Lipinski definition) is 12. The van der Waals surface area contributed by atoms with Crippen molar-refractivity contribution in [3.63, 3.8) is 0 Å². The Morgan fingerprint density at radius 3 is 0.955 bits per heavy atom. The van der Waals surface area contributed by atoms with E-state index in [9.17, 15) is 0 Å². The maximum Gasteiger partial charge on any atom is 0.458 e. The number of rotatable bonds is 16. The van der Waals surface area contributed by atoms with Gasteiger partial charge in [-0.05, 0) is 71.0 Å². The monoisotopic (exact) mass is 684 g/mol. The average molecular weight is 685 g/mol. The summed E-state index contributed by atoms with van der Waals surface area (Å²) in [7, 11) is -14.9. The molecule has 1 aliphatic heterocycles. The predicted molar refractivity (Wildman–Crippen MR) is 177 cm³/mol. The Balaban J connectivity index is 2.19. The van der Waals surface area contributed by atoms with Crippen molar-refractivity contribution in [2.24, 2.45) is 18.1 Å². The molecule has 0 spiro atoms. The molecule has 4 rings (SSSR count). The van der Waals surface area contributed by atoms with Crippen molar-refractivity contribution in [2.75, 3.05) is 33.0 Å². The second-order valence-corrected chi connectivity index (χ2v) is 17.2. The van der Waals surface area contributed by atoms with E-state index >= 15 is 0 Å². The molecular weight excluding hydrogens is 644 g/mol. The summed E-state index contributed by atoms with van der Waals surface area (Å²) < 4.78 is 71.7. The smallest absolute Gasteiger partial charge is 0.422 e. The predicted octanol–water partition coefficient (Wildman–Crippen LogP) is 11.2. The van der Waals surface area contributed by atoms with Crippen LogP contribution in [0, 0.1) is 0 Å². The highest BCUT2D eigenvalue weighted by Gasteiger charge is 2.45. The standard InChI is InChI=1S/C28H40N4O8P4/c1-6-33-41(34-7-2)29-42(35-8-3,36-9-4)31-44(39-27-22-16-12-17-23-27,40-28-24-18-13-19-25-28)32-43(30-41,37-10-5)38-26-20-14-11-15-21-26/h11-25H,6-10H2,1-5H3. The van der Waals surface area contributed by atoms with Crippen molar-refractivity contribution in [3.8, 4) is 17.2 Å². The molecule has 0 radical (unpaired) electrons. The Morgan fingerprint density at radius 1 is 0.364 bits per heavy atom. The Bertz CT molecular complexity index is 1490. The summed E-state index contributed by atoms with van der Waals surface area (Å²) >= 11 is 0. The molecule has 16 heteroatoms. The normalized spacial score (nSPS) is 19.9. The first kappa shape index (κ1) is 34.6. The van der Waals surface area contributed by atoms with Gasteiger partial charge in [0, 0.05) is 0 Å². The van der Waals surface area contributed by atoms with E-state index in [0.717, 1.165) is 0 Å². The molecule has 44 heavy (non-hydrogen) atoms.